The molecule has 1 aliphatic carbocycles. The number of amides is 1. The lowest BCUT2D eigenvalue weighted by molar-refractivity contribution is 0.0930. The van der Waals surface area contributed by atoms with Crippen LogP contribution in [0, 0.1) is 12.3 Å². The molecule has 0 spiro atoms. The van der Waals surface area contributed by atoms with Gasteiger partial charge >= 0.3 is 0 Å². The number of aromatic amines is 1. The molecule has 1 aliphatic rings. The van der Waals surface area contributed by atoms with Crippen molar-refractivity contribution in [3.05, 3.63) is 11.4 Å². The monoisotopic (exact) mass is 236 g/mol. The van der Waals surface area contributed by atoms with E-state index in [1.165, 1.54) is 25.7 Å². The van der Waals surface area contributed by atoms with E-state index in [0.717, 1.165) is 5.69 Å². The first-order valence-electron chi connectivity index (χ1n) is 6.10. The maximum absolute atomic E-state index is 11.9. The molecule has 0 saturated heterocycles. The molecular weight excluding hydrogens is 216 g/mol. The Balaban J connectivity index is 1.96. The van der Waals surface area contributed by atoms with Gasteiger partial charge in [0, 0.05) is 6.54 Å². The average Bonchev–Trinajstić information content (AvgIpc) is 2.86. The molecule has 1 aromatic rings. The minimum atomic E-state index is -0.181. The normalized spacial score (nSPS) is 18.2. The SMILES string of the molecule is Cc1[nH]nc(C(=O)NCC2(C)CCCC2)c1N. The Bertz CT molecular complexity index is 418. The number of hydrogen-bond donors (Lipinski definition) is 3. The molecule has 5 nitrogen and oxygen atoms in total. The van der Waals surface area contributed by atoms with Gasteiger partial charge in [-0.25, -0.2) is 0 Å². The molecule has 17 heavy (non-hydrogen) atoms. The number of nitrogen functional groups attached to an aromatic ring is 1. The van der Waals surface area contributed by atoms with E-state index in [2.05, 4.69) is 22.4 Å². The van der Waals surface area contributed by atoms with Crippen LogP contribution in [-0.4, -0.2) is 22.6 Å². The van der Waals surface area contributed by atoms with E-state index in [9.17, 15) is 4.79 Å². The standard InChI is InChI=1S/C12H20N4O/c1-8-9(13)10(16-15-8)11(17)14-7-12(2)5-3-4-6-12/h3-7,13H2,1-2H3,(H,14,17)(H,15,16). The number of nitrogens with zero attached hydrogens (tertiary/aromatic N) is 1. The Morgan fingerprint density at radius 1 is 1.53 bits per heavy atom. The van der Waals surface area contributed by atoms with E-state index in [1.807, 2.05) is 0 Å². The van der Waals surface area contributed by atoms with Gasteiger partial charge in [0.2, 0.25) is 0 Å². The molecule has 0 radical (unpaired) electrons. The van der Waals surface area contributed by atoms with Crippen LogP contribution in [0.15, 0.2) is 0 Å². The Labute approximate surface area is 101 Å². The Hall–Kier alpha value is -1.52. The minimum Gasteiger partial charge on any atom is -0.395 e. The molecule has 1 aromatic heterocycles. The number of anilines is 1. The molecule has 4 N–H and O–H groups in total. The first-order valence-corrected chi connectivity index (χ1v) is 6.10. The van der Waals surface area contributed by atoms with Crippen LogP contribution in [0.5, 0.6) is 0 Å². The van der Waals surface area contributed by atoms with E-state index in [1.54, 1.807) is 6.92 Å². The van der Waals surface area contributed by atoms with Crippen molar-refractivity contribution in [3.8, 4) is 0 Å². The zero-order chi connectivity index (χ0) is 12.5. The number of hydrogen-bond acceptors (Lipinski definition) is 3. The van der Waals surface area contributed by atoms with Crippen molar-refractivity contribution < 1.29 is 4.79 Å². The van der Waals surface area contributed by atoms with Gasteiger partial charge in [0.05, 0.1) is 11.4 Å². The highest BCUT2D eigenvalue weighted by atomic mass is 16.1. The smallest absolute Gasteiger partial charge is 0.273 e. The van der Waals surface area contributed by atoms with E-state index >= 15 is 0 Å². The fourth-order valence-electron chi connectivity index (χ4n) is 2.39. The maximum Gasteiger partial charge on any atom is 0.273 e. The minimum absolute atomic E-state index is 0.181. The molecule has 5 heteroatoms. The van der Waals surface area contributed by atoms with Crippen LogP contribution in [0.4, 0.5) is 5.69 Å². The number of rotatable bonds is 3. The molecule has 0 unspecified atom stereocenters. The largest absolute Gasteiger partial charge is 0.395 e. The second-order valence-electron chi connectivity index (χ2n) is 5.31. The number of aryl methyl sites for hydroxylation is 1. The van der Waals surface area contributed by atoms with Gasteiger partial charge < -0.3 is 11.1 Å². The summed E-state index contributed by atoms with van der Waals surface area (Å²) in [5.74, 6) is -0.181. The molecule has 94 valence electrons. The number of carbonyl (C=O) groups excluding carboxylic acids is 1. The molecule has 0 bridgehead atoms. The van der Waals surface area contributed by atoms with E-state index in [-0.39, 0.29) is 11.3 Å². The highest BCUT2D eigenvalue weighted by molar-refractivity contribution is 5.97. The van der Waals surface area contributed by atoms with Crippen molar-refractivity contribution in [2.45, 2.75) is 39.5 Å². The van der Waals surface area contributed by atoms with Gasteiger partial charge in [-0.1, -0.05) is 19.8 Å². The molecular formula is C12H20N4O. The van der Waals surface area contributed by atoms with Crippen LogP contribution in [0.25, 0.3) is 0 Å². The van der Waals surface area contributed by atoms with Gasteiger partial charge in [-0.2, -0.15) is 5.10 Å². The summed E-state index contributed by atoms with van der Waals surface area (Å²) in [5.41, 5.74) is 7.50. The molecule has 0 aromatic carbocycles. The number of nitrogens with two attached hydrogens (primary N) is 1. The van der Waals surface area contributed by atoms with Crippen LogP contribution < -0.4 is 11.1 Å². The summed E-state index contributed by atoms with van der Waals surface area (Å²) in [6.07, 6.45) is 4.89. The quantitative estimate of drug-likeness (QED) is 0.745. The molecule has 0 atom stereocenters. The molecule has 1 fully saturated rings. The Morgan fingerprint density at radius 3 is 2.71 bits per heavy atom. The molecule has 1 amide bonds. The van der Waals surface area contributed by atoms with Crippen molar-refractivity contribution in [1.82, 2.24) is 15.5 Å². The summed E-state index contributed by atoms with van der Waals surface area (Å²) in [7, 11) is 0. The van der Waals surface area contributed by atoms with Crippen LogP contribution >= 0.6 is 0 Å². The highest BCUT2D eigenvalue weighted by Crippen LogP contribution is 2.36. The van der Waals surface area contributed by atoms with Crippen molar-refractivity contribution in [2.75, 3.05) is 12.3 Å². The van der Waals surface area contributed by atoms with E-state index in [4.69, 9.17) is 5.73 Å². The first-order chi connectivity index (χ1) is 8.02. The summed E-state index contributed by atoms with van der Waals surface area (Å²) >= 11 is 0. The lowest BCUT2D eigenvalue weighted by Gasteiger charge is -2.23. The predicted octanol–water partition coefficient (Wildman–Crippen LogP) is 1.61. The summed E-state index contributed by atoms with van der Waals surface area (Å²) in [5, 5.41) is 9.57. The first kappa shape index (κ1) is 12.0. The number of aromatic nitrogens is 2. The molecule has 0 aliphatic heterocycles. The fourth-order valence-corrected chi connectivity index (χ4v) is 2.39. The zero-order valence-electron chi connectivity index (χ0n) is 10.5. The van der Waals surface area contributed by atoms with Gasteiger partial charge in [-0.15, -0.1) is 0 Å². The summed E-state index contributed by atoms with van der Waals surface area (Å²) in [6, 6.07) is 0. The zero-order valence-corrected chi connectivity index (χ0v) is 10.5. The molecule has 2 rings (SSSR count). The summed E-state index contributed by atoms with van der Waals surface area (Å²) in [4.78, 5) is 11.9. The van der Waals surface area contributed by atoms with Crippen molar-refractivity contribution in [3.63, 3.8) is 0 Å². The third kappa shape index (κ3) is 2.43. The Morgan fingerprint density at radius 2 is 2.18 bits per heavy atom. The van der Waals surface area contributed by atoms with Gasteiger partial charge in [-0.05, 0) is 25.2 Å². The van der Waals surface area contributed by atoms with Crippen LogP contribution in [-0.2, 0) is 0 Å². The van der Waals surface area contributed by atoms with Gasteiger partial charge in [0.15, 0.2) is 5.69 Å². The number of carbonyl (C=O) groups is 1. The van der Waals surface area contributed by atoms with Gasteiger partial charge in [0.1, 0.15) is 0 Å². The van der Waals surface area contributed by atoms with Crippen molar-refractivity contribution in [2.24, 2.45) is 5.41 Å². The van der Waals surface area contributed by atoms with Crippen molar-refractivity contribution in [1.29, 1.82) is 0 Å². The van der Waals surface area contributed by atoms with E-state index in [0.29, 0.717) is 17.9 Å². The third-order valence-electron chi connectivity index (χ3n) is 3.70. The van der Waals surface area contributed by atoms with Crippen LogP contribution in [0.1, 0.15) is 48.8 Å². The second kappa shape index (κ2) is 4.39. The summed E-state index contributed by atoms with van der Waals surface area (Å²) < 4.78 is 0. The van der Waals surface area contributed by atoms with Crippen LogP contribution in [0.3, 0.4) is 0 Å². The van der Waals surface area contributed by atoms with Crippen molar-refractivity contribution >= 4 is 11.6 Å². The van der Waals surface area contributed by atoms with Gasteiger partial charge in [0.25, 0.3) is 5.91 Å². The predicted molar refractivity (Wildman–Crippen MR) is 66.6 cm³/mol. The topological polar surface area (TPSA) is 83.8 Å². The maximum atomic E-state index is 11.9. The second-order valence-corrected chi connectivity index (χ2v) is 5.31. The lowest BCUT2D eigenvalue weighted by atomic mass is 9.89. The average molecular weight is 236 g/mol. The lowest BCUT2D eigenvalue weighted by Crippen LogP contribution is -2.34. The van der Waals surface area contributed by atoms with Gasteiger partial charge in [-0.3, -0.25) is 9.89 Å². The Kier molecular flexibility index (Phi) is 3.09. The van der Waals surface area contributed by atoms with E-state index < -0.39 is 0 Å². The molecule has 1 saturated carbocycles. The number of nitrogens with one attached hydrogen (secondary N) is 2. The highest BCUT2D eigenvalue weighted by Gasteiger charge is 2.29. The summed E-state index contributed by atoms with van der Waals surface area (Å²) in [6.45, 7) is 4.73. The van der Waals surface area contributed by atoms with Crippen LogP contribution in [0.2, 0.25) is 0 Å². The third-order valence-corrected chi connectivity index (χ3v) is 3.70. The fraction of sp³-hybridized carbons (Fsp3) is 0.667. The number of H-pyrrole nitrogens is 1. The molecule has 1 heterocycles.